The molecule has 1 saturated carbocycles. The minimum atomic E-state index is -3.16. The molecule has 0 aromatic heterocycles. The van der Waals surface area contributed by atoms with Crippen LogP contribution in [0.2, 0.25) is 0 Å². The number of cyclic esters (lactones) is 1. The fourth-order valence-electron chi connectivity index (χ4n) is 3.16. The molecule has 122 valence electrons. The molecule has 0 bridgehead atoms. The third kappa shape index (κ3) is 4.53. The highest BCUT2D eigenvalue weighted by molar-refractivity contribution is 5.70. The Balaban J connectivity index is 1.96. The molecule has 21 heavy (non-hydrogen) atoms. The van der Waals surface area contributed by atoms with Gasteiger partial charge in [0.1, 0.15) is 6.61 Å². The molecule has 0 aromatic carbocycles. The Morgan fingerprint density at radius 3 is 2.62 bits per heavy atom. The highest BCUT2D eigenvalue weighted by atomic mass is 19.3. The SMILES string of the molecule is CC(C)OCC(F)(F)C1OC(=O)N[C@H]1CC1CCCCC1. The number of ether oxygens (including phenoxy) is 2. The predicted octanol–water partition coefficient (Wildman–Crippen LogP) is 3.49. The normalized spacial score (nSPS) is 27.8. The van der Waals surface area contributed by atoms with E-state index < -0.39 is 30.8 Å². The Bertz CT molecular complexity index is 357. The second-order valence-corrected chi connectivity index (χ2v) is 6.44. The Kier molecular flexibility index (Phi) is 5.41. The van der Waals surface area contributed by atoms with Crippen LogP contribution in [-0.2, 0) is 9.47 Å². The van der Waals surface area contributed by atoms with Gasteiger partial charge in [-0.05, 0) is 26.2 Å². The van der Waals surface area contributed by atoms with Crippen molar-refractivity contribution < 1.29 is 23.0 Å². The van der Waals surface area contributed by atoms with Gasteiger partial charge in [-0.15, -0.1) is 0 Å². The van der Waals surface area contributed by atoms with E-state index in [1.54, 1.807) is 13.8 Å². The highest BCUT2D eigenvalue weighted by Crippen LogP contribution is 2.34. The summed E-state index contributed by atoms with van der Waals surface area (Å²) >= 11 is 0. The average molecular weight is 305 g/mol. The molecule has 2 aliphatic rings. The molecule has 2 atom stereocenters. The number of amides is 1. The van der Waals surface area contributed by atoms with Crippen molar-refractivity contribution in [2.45, 2.75) is 76.5 Å². The molecule has 4 nitrogen and oxygen atoms in total. The average Bonchev–Trinajstić information content (AvgIpc) is 2.79. The topological polar surface area (TPSA) is 47.6 Å². The summed E-state index contributed by atoms with van der Waals surface area (Å²) in [6.07, 6.45) is 3.71. The lowest BCUT2D eigenvalue weighted by molar-refractivity contribution is -0.155. The highest BCUT2D eigenvalue weighted by Gasteiger charge is 2.52. The van der Waals surface area contributed by atoms with Crippen LogP contribution in [0.15, 0.2) is 0 Å². The molecule has 1 unspecified atom stereocenters. The number of alkyl halides is 2. The molecule has 1 saturated heterocycles. The van der Waals surface area contributed by atoms with Crippen molar-refractivity contribution in [1.82, 2.24) is 5.32 Å². The zero-order valence-electron chi connectivity index (χ0n) is 12.7. The number of halogens is 2. The molecular formula is C15H25F2NO3. The molecule has 6 heteroatoms. The van der Waals surface area contributed by atoms with Gasteiger partial charge >= 0.3 is 12.0 Å². The third-order valence-corrected chi connectivity index (χ3v) is 4.24. The number of rotatable bonds is 6. The van der Waals surface area contributed by atoms with Gasteiger partial charge in [0.25, 0.3) is 0 Å². The minimum Gasteiger partial charge on any atom is -0.437 e. The Morgan fingerprint density at radius 2 is 2.00 bits per heavy atom. The van der Waals surface area contributed by atoms with E-state index in [0.717, 1.165) is 25.7 Å². The third-order valence-electron chi connectivity index (χ3n) is 4.24. The molecule has 2 rings (SSSR count). The van der Waals surface area contributed by atoms with Crippen LogP contribution in [0.5, 0.6) is 0 Å². The Labute approximate surface area is 124 Å². The van der Waals surface area contributed by atoms with Gasteiger partial charge in [0.15, 0.2) is 6.10 Å². The zero-order chi connectivity index (χ0) is 15.5. The van der Waals surface area contributed by atoms with E-state index in [1.807, 2.05) is 0 Å². The molecule has 1 aliphatic heterocycles. The Hall–Kier alpha value is -0.910. The lowest BCUT2D eigenvalue weighted by Gasteiger charge is -2.29. The largest absolute Gasteiger partial charge is 0.437 e. The van der Waals surface area contributed by atoms with E-state index in [9.17, 15) is 13.6 Å². The van der Waals surface area contributed by atoms with E-state index in [2.05, 4.69) is 5.32 Å². The number of nitrogens with one attached hydrogen (secondary N) is 1. The van der Waals surface area contributed by atoms with Crippen LogP contribution in [-0.4, -0.2) is 36.9 Å². The van der Waals surface area contributed by atoms with E-state index in [4.69, 9.17) is 9.47 Å². The molecule has 0 radical (unpaired) electrons. The van der Waals surface area contributed by atoms with Crippen molar-refractivity contribution in [3.8, 4) is 0 Å². The molecule has 0 aromatic rings. The predicted molar refractivity (Wildman–Crippen MR) is 74.4 cm³/mol. The van der Waals surface area contributed by atoms with Crippen molar-refractivity contribution in [1.29, 1.82) is 0 Å². The van der Waals surface area contributed by atoms with Crippen LogP contribution in [0, 0.1) is 5.92 Å². The van der Waals surface area contributed by atoms with E-state index in [-0.39, 0.29) is 6.10 Å². The molecule has 1 heterocycles. The van der Waals surface area contributed by atoms with Gasteiger partial charge in [-0.25, -0.2) is 4.79 Å². The van der Waals surface area contributed by atoms with Crippen LogP contribution in [0.1, 0.15) is 52.4 Å². The maximum atomic E-state index is 14.2. The number of hydrogen-bond acceptors (Lipinski definition) is 3. The summed E-state index contributed by atoms with van der Waals surface area (Å²) in [7, 11) is 0. The molecule has 2 fully saturated rings. The first-order valence-corrected chi connectivity index (χ1v) is 7.85. The molecule has 1 aliphatic carbocycles. The summed E-state index contributed by atoms with van der Waals surface area (Å²) in [5, 5.41) is 2.55. The fraction of sp³-hybridized carbons (Fsp3) is 0.933. The van der Waals surface area contributed by atoms with Gasteiger partial charge in [-0.1, -0.05) is 32.1 Å². The van der Waals surface area contributed by atoms with Gasteiger partial charge in [0.2, 0.25) is 0 Å². The van der Waals surface area contributed by atoms with Gasteiger partial charge in [-0.3, -0.25) is 0 Å². The van der Waals surface area contributed by atoms with E-state index >= 15 is 0 Å². The molecule has 1 amide bonds. The number of carbonyl (C=O) groups is 1. The van der Waals surface area contributed by atoms with Crippen molar-refractivity contribution in [2.75, 3.05) is 6.61 Å². The quantitative estimate of drug-likeness (QED) is 0.817. The van der Waals surface area contributed by atoms with Crippen LogP contribution >= 0.6 is 0 Å². The van der Waals surface area contributed by atoms with Crippen LogP contribution in [0.3, 0.4) is 0 Å². The number of carbonyl (C=O) groups excluding carboxylic acids is 1. The maximum absolute atomic E-state index is 14.2. The van der Waals surface area contributed by atoms with Crippen molar-refractivity contribution >= 4 is 6.09 Å². The molecular weight excluding hydrogens is 280 g/mol. The van der Waals surface area contributed by atoms with Crippen molar-refractivity contribution in [2.24, 2.45) is 5.92 Å². The van der Waals surface area contributed by atoms with Gasteiger partial charge in [0, 0.05) is 0 Å². The molecule has 1 N–H and O–H groups in total. The minimum absolute atomic E-state index is 0.280. The lowest BCUT2D eigenvalue weighted by Crippen LogP contribution is -2.47. The monoisotopic (exact) mass is 305 g/mol. The first kappa shape index (κ1) is 16.5. The molecule has 0 spiro atoms. The Morgan fingerprint density at radius 1 is 1.33 bits per heavy atom. The lowest BCUT2D eigenvalue weighted by atomic mass is 9.83. The van der Waals surface area contributed by atoms with E-state index in [0.29, 0.717) is 12.3 Å². The summed E-state index contributed by atoms with van der Waals surface area (Å²) in [5.41, 5.74) is 0. The smallest absolute Gasteiger partial charge is 0.408 e. The first-order valence-electron chi connectivity index (χ1n) is 7.85. The summed E-state index contributed by atoms with van der Waals surface area (Å²) in [4.78, 5) is 11.4. The van der Waals surface area contributed by atoms with Gasteiger partial charge < -0.3 is 14.8 Å². The first-order chi connectivity index (χ1) is 9.88. The zero-order valence-corrected chi connectivity index (χ0v) is 12.7. The number of hydrogen-bond donors (Lipinski definition) is 1. The van der Waals surface area contributed by atoms with Crippen LogP contribution in [0.25, 0.3) is 0 Å². The standard InChI is InChI=1S/C15H25F2NO3/c1-10(2)20-9-15(16,17)13-12(18-14(19)21-13)8-11-6-4-3-5-7-11/h10-13H,3-9H2,1-2H3,(H,18,19)/t12-,13?/m0/s1. The van der Waals surface area contributed by atoms with Gasteiger partial charge in [0.05, 0.1) is 12.1 Å². The summed E-state index contributed by atoms with van der Waals surface area (Å²) in [6, 6.07) is -0.619. The summed E-state index contributed by atoms with van der Waals surface area (Å²) < 4.78 is 38.3. The summed E-state index contributed by atoms with van der Waals surface area (Å²) in [6.45, 7) is 2.69. The van der Waals surface area contributed by atoms with Crippen molar-refractivity contribution in [3.63, 3.8) is 0 Å². The second kappa shape index (κ2) is 6.90. The summed E-state index contributed by atoms with van der Waals surface area (Å²) in [5.74, 6) is -2.77. The van der Waals surface area contributed by atoms with Crippen molar-refractivity contribution in [3.05, 3.63) is 0 Å². The van der Waals surface area contributed by atoms with Gasteiger partial charge in [-0.2, -0.15) is 8.78 Å². The fourth-order valence-corrected chi connectivity index (χ4v) is 3.16. The van der Waals surface area contributed by atoms with Crippen LogP contribution < -0.4 is 5.32 Å². The number of alkyl carbamates (subject to hydrolysis) is 1. The van der Waals surface area contributed by atoms with Crippen LogP contribution in [0.4, 0.5) is 13.6 Å². The maximum Gasteiger partial charge on any atom is 0.408 e. The van der Waals surface area contributed by atoms with E-state index in [1.165, 1.54) is 6.42 Å². The second-order valence-electron chi connectivity index (χ2n) is 6.44.